The number of nitro benzene ring substituents is 1. The van der Waals surface area contributed by atoms with Gasteiger partial charge in [-0.05, 0) is 25.3 Å². The van der Waals surface area contributed by atoms with Crippen molar-refractivity contribution in [2.45, 2.75) is 19.3 Å². The molecule has 1 aromatic rings. The van der Waals surface area contributed by atoms with Crippen molar-refractivity contribution in [3.8, 4) is 0 Å². The molecule has 0 radical (unpaired) electrons. The van der Waals surface area contributed by atoms with E-state index >= 15 is 0 Å². The smallest absolute Gasteiger partial charge is 0.323 e. The highest BCUT2D eigenvalue weighted by molar-refractivity contribution is 6.23. The van der Waals surface area contributed by atoms with Crippen molar-refractivity contribution in [2.24, 2.45) is 0 Å². The van der Waals surface area contributed by atoms with Crippen molar-refractivity contribution in [3.05, 3.63) is 33.4 Å². The van der Waals surface area contributed by atoms with Gasteiger partial charge in [0.15, 0.2) is 0 Å². The lowest BCUT2D eigenvalue weighted by Crippen LogP contribution is -2.34. The van der Waals surface area contributed by atoms with Gasteiger partial charge in [0.1, 0.15) is 12.2 Å². The van der Waals surface area contributed by atoms with Crippen LogP contribution in [0.15, 0.2) is 12.1 Å². The molecule has 1 N–H and O–H groups in total. The Balaban J connectivity index is 2.07. The monoisotopic (exact) mass is 333 g/mol. The second-order valence-corrected chi connectivity index (χ2v) is 5.78. The van der Waals surface area contributed by atoms with Gasteiger partial charge >= 0.3 is 5.97 Å². The Bertz CT molecular complexity index is 754. The molecule has 0 saturated carbocycles. The summed E-state index contributed by atoms with van der Waals surface area (Å²) in [7, 11) is 0. The predicted octanol–water partition coefficient (Wildman–Crippen LogP) is 1.27. The summed E-state index contributed by atoms with van der Waals surface area (Å²) >= 11 is 0. The molecular formula is C15H15N3O6. The third-order valence-electron chi connectivity index (χ3n) is 4.25. The second kappa shape index (κ2) is 5.91. The number of rotatable bonds is 4. The van der Waals surface area contributed by atoms with Crippen LogP contribution in [0, 0.1) is 10.1 Å². The highest BCUT2D eigenvalue weighted by Crippen LogP contribution is 2.36. The topological polar surface area (TPSA) is 121 Å². The van der Waals surface area contributed by atoms with E-state index in [0.29, 0.717) is 23.7 Å². The number of carbonyl (C=O) groups is 3. The van der Waals surface area contributed by atoms with Crippen molar-refractivity contribution in [1.82, 2.24) is 4.90 Å². The molecule has 126 valence electrons. The maximum Gasteiger partial charge on any atom is 0.323 e. The molecule has 2 heterocycles. The van der Waals surface area contributed by atoms with Gasteiger partial charge in [-0.2, -0.15) is 0 Å². The van der Waals surface area contributed by atoms with Crippen LogP contribution in [0.3, 0.4) is 0 Å². The largest absolute Gasteiger partial charge is 0.480 e. The molecule has 0 aromatic heterocycles. The van der Waals surface area contributed by atoms with Crippen LogP contribution >= 0.6 is 0 Å². The van der Waals surface area contributed by atoms with E-state index in [0.717, 1.165) is 25.3 Å². The molecule has 0 atom stereocenters. The zero-order valence-corrected chi connectivity index (χ0v) is 12.7. The van der Waals surface area contributed by atoms with E-state index in [1.807, 2.05) is 4.90 Å². The number of hydrogen-bond donors (Lipinski definition) is 1. The number of carboxylic acid groups (broad SMARTS) is 1. The summed E-state index contributed by atoms with van der Waals surface area (Å²) < 4.78 is 0. The summed E-state index contributed by atoms with van der Waals surface area (Å²) in [5, 5.41) is 20.2. The third kappa shape index (κ3) is 2.57. The molecule has 1 aromatic carbocycles. The van der Waals surface area contributed by atoms with Crippen LogP contribution in [-0.2, 0) is 4.79 Å². The summed E-state index contributed by atoms with van der Waals surface area (Å²) in [6.45, 7) is 0.514. The molecule has 1 saturated heterocycles. The van der Waals surface area contributed by atoms with Gasteiger partial charge in [0.05, 0.1) is 16.1 Å². The standard InChI is InChI=1S/C15H15N3O6/c19-13(20)8-17-14(21)9-6-11(16-4-2-1-3-5-16)12(18(23)24)7-10(9)15(17)22/h6-7H,1-5,8H2,(H,19,20). The number of benzene rings is 1. The average Bonchev–Trinajstić information content (AvgIpc) is 2.79. The number of fused-ring (bicyclic) bond motifs is 1. The number of amides is 2. The Morgan fingerprint density at radius 3 is 2.25 bits per heavy atom. The number of nitrogens with zero attached hydrogens (tertiary/aromatic N) is 3. The third-order valence-corrected chi connectivity index (χ3v) is 4.25. The first-order chi connectivity index (χ1) is 11.4. The highest BCUT2D eigenvalue weighted by atomic mass is 16.6. The minimum Gasteiger partial charge on any atom is -0.480 e. The van der Waals surface area contributed by atoms with Crippen molar-refractivity contribution in [2.75, 3.05) is 24.5 Å². The molecule has 2 aliphatic heterocycles. The number of nitro groups is 1. The first kappa shape index (κ1) is 15.9. The summed E-state index contributed by atoms with van der Waals surface area (Å²) in [5.74, 6) is -2.87. The summed E-state index contributed by atoms with van der Waals surface area (Å²) in [4.78, 5) is 48.6. The lowest BCUT2D eigenvalue weighted by Gasteiger charge is -2.28. The van der Waals surface area contributed by atoms with Crippen LogP contribution in [0.5, 0.6) is 0 Å². The highest BCUT2D eigenvalue weighted by Gasteiger charge is 2.39. The van der Waals surface area contributed by atoms with Gasteiger partial charge in [0.25, 0.3) is 17.5 Å². The Morgan fingerprint density at radius 1 is 1.12 bits per heavy atom. The number of carbonyl (C=O) groups excluding carboxylic acids is 2. The van der Waals surface area contributed by atoms with Crippen LogP contribution in [-0.4, -0.2) is 52.3 Å². The van der Waals surface area contributed by atoms with Crippen molar-refractivity contribution >= 4 is 29.2 Å². The molecule has 0 bridgehead atoms. The van der Waals surface area contributed by atoms with Crippen molar-refractivity contribution in [1.29, 1.82) is 0 Å². The Labute approximate surface area is 136 Å². The molecule has 1 fully saturated rings. The number of imide groups is 1. The first-order valence-electron chi connectivity index (χ1n) is 7.55. The van der Waals surface area contributed by atoms with Gasteiger partial charge in [-0.25, -0.2) is 0 Å². The van der Waals surface area contributed by atoms with Gasteiger partial charge in [-0.15, -0.1) is 0 Å². The number of carboxylic acids is 1. The van der Waals surface area contributed by atoms with E-state index in [-0.39, 0.29) is 16.8 Å². The van der Waals surface area contributed by atoms with Gasteiger partial charge in [-0.1, -0.05) is 0 Å². The van der Waals surface area contributed by atoms with E-state index < -0.39 is 29.3 Å². The van der Waals surface area contributed by atoms with E-state index in [1.54, 1.807) is 0 Å². The molecule has 0 unspecified atom stereocenters. The molecule has 24 heavy (non-hydrogen) atoms. The quantitative estimate of drug-likeness (QED) is 0.500. The molecular weight excluding hydrogens is 318 g/mol. The van der Waals surface area contributed by atoms with Crippen LogP contribution < -0.4 is 4.90 Å². The van der Waals surface area contributed by atoms with E-state index in [2.05, 4.69) is 0 Å². The zero-order chi connectivity index (χ0) is 17.4. The molecule has 2 amide bonds. The fourth-order valence-electron chi connectivity index (χ4n) is 3.13. The normalized spacial score (nSPS) is 17.2. The number of aliphatic carboxylic acids is 1. The molecule has 3 rings (SSSR count). The van der Waals surface area contributed by atoms with Gasteiger partial charge in [0, 0.05) is 19.2 Å². The second-order valence-electron chi connectivity index (χ2n) is 5.78. The van der Waals surface area contributed by atoms with Crippen molar-refractivity contribution in [3.63, 3.8) is 0 Å². The first-order valence-corrected chi connectivity index (χ1v) is 7.55. The maximum atomic E-state index is 12.3. The SMILES string of the molecule is O=C(O)CN1C(=O)c2cc(N3CCCCC3)c([N+](=O)[O-])cc2C1=O. The predicted molar refractivity (Wildman–Crippen MR) is 82.2 cm³/mol. The van der Waals surface area contributed by atoms with Crippen molar-refractivity contribution < 1.29 is 24.4 Å². The average molecular weight is 333 g/mol. The summed E-state index contributed by atoms with van der Waals surface area (Å²) in [6.07, 6.45) is 2.83. The van der Waals surface area contributed by atoms with Gasteiger partial charge < -0.3 is 10.0 Å². The maximum absolute atomic E-state index is 12.3. The van der Waals surface area contributed by atoms with Crippen LogP contribution in [0.4, 0.5) is 11.4 Å². The van der Waals surface area contributed by atoms with E-state index in [4.69, 9.17) is 5.11 Å². The fourth-order valence-corrected chi connectivity index (χ4v) is 3.13. The lowest BCUT2D eigenvalue weighted by molar-refractivity contribution is -0.384. The summed E-state index contributed by atoms with van der Waals surface area (Å²) in [6, 6.07) is 2.43. The molecule has 9 heteroatoms. The number of anilines is 1. The van der Waals surface area contributed by atoms with Crippen LogP contribution in [0.25, 0.3) is 0 Å². The fraction of sp³-hybridized carbons (Fsp3) is 0.400. The van der Waals surface area contributed by atoms with E-state index in [1.165, 1.54) is 6.07 Å². The Morgan fingerprint density at radius 2 is 1.71 bits per heavy atom. The Kier molecular flexibility index (Phi) is 3.92. The molecule has 0 aliphatic carbocycles. The van der Waals surface area contributed by atoms with Gasteiger partial charge in [-0.3, -0.25) is 29.4 Å². The number of hydrogen-bond acceptors (Lipinski definition) is 6. The van der Waals surface area contributed by atoms with Gasteiger partial charge in [0.2, 0.25) is 0 Å². The molecule has 9 nitrogen and oxygen atoms in total. The minimum absolute atomic E-state index is 0.0208. The summed E-state index contributed by atoms with van der Waals surface area (Å²) in [5.41, 5.74) is -0.0353. The van der Waals surface area contributed by atoms with E-state index in [9.17, 15) is 24.5 Å². The molecule has 0 spiro atoms. The minimum atomic E-state index is -1.32. The number of piperidine rings is 1. The van der Waals surface area contributed by atoms with Crippen LogP contribution in [0.1, 0.15) is 40.0 Å². The molecule has 2 aliphatic rings. The Hall–Kier alpha value is -2.97. The zero-order valence-electron chi connectivity index (χ0n) is 12.7. The van der Waals surface area contributed by atoms with Crippen LogP contribution in [0.2, 0.25) is 0 Å². The lowest BCUT2D eigenvalue weighted by atomic mass is 10.0.